The fourth-order valence-corrected chi connectivity index (χ4v) is 4.59. The number of ether oxygens (including phenoxy) is 1. The van der Waals surface area contributed by atoms with Crippen molar-refractivity contribution in [3.05, 3.63) is 72.1 Å². The van der Waals surface area contributed by atoms with E-state index >= 15 is 0 Å². The molecule has 30 heavy (non-hydrogen) atoms. The van der Waals surface area contributed by atoms with Gasteiger partial charge >= 0.3 is 5.97 Å². The van der Waals surface area contributed by atoms with Crippen molar-refractivity contribution in [2.75, 3.05) is 0 Å². The van der Waals surface area contributed by atoms with Crippen LogP contribution >= 0.6 is 0 Å². The third kappa shape index (κ3) is 5.37. The van der Waals surface area contributed by atoms with Gasteiger partial charge in [0.15, 0.2) is 6.10 Å². The molecule has 4 atom stereocenters. The molecule has 1 aromatic heterocycles. The molecule has 1 unspecified atom stereocenters. The number of hydrogen-bond acceptors (Lipinski definition) is 4. The minimum atomic E-state index is -1.28. The number of rotatable bonds is 7. The Hall–Kier alpha value is -2.46. The van der Waals surface area contributed by atoms with E-state index in [-0.39, 0.29) is 17.4 Å². The average Bonchev–Trinajstić information content (AvgIpc) is 2.78. The van der Waals surface area contributed by atoms with Crippen molar-refractivity contribution >= 4 is 12.0 Å². The van der Waals surface area contributed by atoms with Crippen molar-refractivity contribution in [2.45, 2.75) is 64.1 Å². The maximum Gasteiger partial charge on any atom is 0.339 e. The minimum absolute atomic E-state index is 0.124. The van der Waals surface area contributed by atoms with Crippen LogP contribution in [0.25, 0.3) is 6.08 Å². The predicted molar refractivity (Wildman–Crippen MR) is 120 cm³/mol. The Bertz CT molecular complexity index is 832. The maximum atomic E-state index is 12.7. The molecule has 0 bridgehead atoms. The Morgan fingerprint density at radius 2 is 2.00 bits per heavy atom. The molecular weight excluding hydrogens is 374 g/mol. The molecule has 4 nitrogen and oxygen atoms in total. The normalized spacial score (nSPS) is 23.3. The summed E-state index contributed by atoms with van der Waals surface area (Å²) in [6.07, 6.45) is 9.13. The van der Waals surface area contributed by atoms with Gasteiger partial charge in [-0.3, -0.25) is 4.98 Å². The van der Waals surface area contributed by atoms with Gasteiger partial charge in [0.1, 0.15) is 6.10 Å². The van der Waals surface area contributed by atoms with Crippen molar-refractivity contribution in [3.8, 4) is 0 Å². The van der Waals surface area contributed by atoms with Gasteiger partial charge in [0.05, 0.1) is 0 Å². The number of benzene rings is 1. The Morgan fingerprint density at radius 1 is 1.23 bits per heavy atom. The summed E-state index contributed by atoms with van der Waals surface area (Å²) < 4.78 is 5.94. The molecule has 0 aliphatic heterocycles. The van der Waals surface area contributed by atoms with E-state index in [1.165, 1.54) is 11.6 Å². The van der Waals surface area contributed by atoms with Gasteiger partial charge in [0.2, 0.25) is 0 Å². The number of hydrogen-bond donors (Lipinski definition) is 1. The summed E-state index contributed by atoms with van der Waals surface area (Å²) in [4.78, 5) is 16.7. The highest BCUT2D eigenvalue weighted by molar-refractivity contribution is 5.78. The summed E-state index contributed by atoms with van der Waals surface area (Å²) in [6.45, 7) is 6.66. The zero-order valence-electron chi connectivity index (χ0n) is 18.2. The van der Waals surface area contributed by atoms with Crippen LogP contribution in [0.4, 0.5) is 0 Å². The molecule has 0 spiro atoms. The lowest BCUT2D eigenvalue weighted by molar-refractivity contribution is -0.164. The largest absolute Gasteiger partial charge is 0.460 e. The van der Waals surface area contributed by atoms with E-state index in [1.807, 2.05) is 18.2 Å². The number of aliphatic hydroxyl groups is 1. The van der Waals surface area contributed by atoms with Crippen LogP contribution in [0.1, 0.15) is 57.6 Å². The van der Waals surface area contributed by atoms with Crippen molar-refractivity contribution in [2.24, 2.45) is 11.8 Å². The van der Waals surface area contributed by atoms with Crippen LogP contribution in [0.3, 0.4) is 0 Å². The Kier molecular flexibility index (Phi) is 7.43. The van der Waals surface area contributed by atoms with Gasteiger partial charge in [-0.15, -0.1) is 0 Å². The van der Waals surface area contributed by atoms with Gasteiger partial charge in [-0.1, -0.05) is 69.7 Å². The van der Waals surface area contributed by atoms with Crippen LogP contribution in [-0.4, -0.2) is 28.3 Å². The number of carbonyl (C=O) groups is 1. The molecule has 1 saturated carbocycles. The van der Waals surface area contributed by atoms with Crippen molar-refractivity contribution in [1.82, 2.24) is 4.98 Å². The molecule has 0 amide bonds. The zero-order valence-corrected chi connectivity index (χ0v) is 18.2. The molecule has 3 rings (SSSR count). The molecule has 2 aromatic rings. The van der Waals surface area contributed by atoms with Crippen molar-refractivity contribution < 1.29 is 14.6 Å². The predicted octanol–water partition coefficient (Wildman–Crippen LogP) is 5.17. The molecule has 1 heterocycles. The van der Waals surface area contributed by atoms with Crippen LogP contribution in [0.15, 0.2) is 60.9 Å². The van der Waals surface area contributed by atoms with E-state index in [4.69, 9.17) is 4.74 Å². The summed E-state index contributed by atoms with van der Waals surface area (Å²) in [5.41, 5.74) is 1.96. The summed E-state index contributed by atoms with van der Waals surface area (Å²) in [6, 6.07) is 14.1. The molecule has 0 radical (unpaired) electrons. The number of carbonyl (C=O) groups excluding carboxylic acids is 1. The fourth-order valence-electron chi connectivity index (χ4n) is 4.59. The number of pyridine rings is 1. The molecule has 1 aliphatic rings. The first-order chi connectivity index (χ1) is 14.4. The molecule has 1 N–H and O–H groups in total. The van der Waals surface area contributed by atoms with Gasteiger partial charge in [0.25, 0.3) is 0 Å². The Morgan fingerprint density at radius 3 is 2.67 bits per heavy atom. The second kappa shape index (κ2) is 10.0. The number of aliphatic hydroxyl groups excluding tert-OH is 1. The highest BCUT2D eigenvalue weighted by atomic mass is 16.6. The Balaban J connectivity index is 1.74. The molecule has 0 saturated heterocycles. The third-order valence-electron chi connectivity index (χ3n) is 6.59. The van der Waals surface area contributed by atoms with Crippen LogP contribution < -0.4 is 0 Å². The average molecular weight is 408 g/mol. The van der Waals surface area contributed by atoms with E-state index in [9.17, 15) is 9.90 Å². The lowest BCUT2D eigenvalue weighted by Crippen LogP contribution is -2.44. The first kappa shape index (κ1) is 22.2. The van der Waals surface area contributed by atoms with Crippen LogP contribution in [0.5, 0.6) is 0 Å². The van der Waals surface area contributed by atoms with E-state index in [2.05, 4.69) is 50.0 Å². The summed E-state index contributed by atoms with van der Waals surface area (Å²) >= 11 is 0. The quantitative estimate of drug-likeness (QED) is 0.643. The van der Waals surface area contributed by atoms with Crippen LogP contribution in [-0.2, 0) is 14.9 Å². The summed E-state index contributed by atoms with van der Waals surface area (Å²) in [5, 5.41) is 10.4. The van der Waals surface area contributed by atoms with Gasteiger partial charge in [0, 0.05) is 18.3 Å². The molecule has 4 heteroatoms. The van der Waals surface area contributed by atoms with E-state index < -0.39 is 12.1 Å². The highest BCUT2D eigenvalue weighted by Gasteiger charge is 2.42. The monoisotopic (exact) mass is 407 g/mol. The molecular formula is C26H33NO3. The SMILES string of the molecule is CCC1CC[C@@H](C(C)(C)c2ccccc2)[C@H](OC(=O)[C@@H](O)/C=C/c2cccnc2)C1. The molecule has 1 aromatic carbocycles. The van der Waals surface area contributed by atoms with Crippen LogP contribution in [0, 0.1) is 11.8 Å². The smallest absolute Gasteiger partial charge is 0.339 e. The summed E-state index contributed by atoms with van der Waals surface area (Å²) in [7, 11) is 0. The first-order valence-electron chi connectivity index (χ1n) is 10.9. The second-order valence-corrected chi connectivity index (χ2v) is 8.85. The Labute approximate surface area is 180 Å². The van der Waals surface area contributed by atoms with E-state index in [0.717, 1.165) is 31.2 Å². The van der Waals surface area contributed by atoms with Crippen molar-refractivity contribution in [1.29, 1.82) is 0 Å². The van der Waals surface area contributed by atoms with Gasteiger partial charge in [-0.2, -0.15) is 0 Å². The standard InChI is InChI=1S/C26H33NO3/c1-4-19-12-14-22(26(2,3)21-10-6-5-7-11-21)24(17-19)30-25(29)23(28)15-13-20-9-8-16-27-18-20/h5-11,13,15-16,18-19,22-24,28H,4,12,14,17H2,1-3H3/b15-13+/t19?,22-,23+,24-/m1/s1. The first-order valence-corrected chi connectivity index (χ1v) is 10.9. The highest BCUT2D eigenvalue weighted by Crippen LogP contribution is 2.44. The number of esters is 1. The summed E-state index contributed by atoms with van der Waals surface area (Å²) in [5.74, 6) is 0.181. The van der Waals surface area contributed by atoms with Gasteiger partial charge in [-0.05, 0) is 53.9 Å². The van der Waals surface area contributed by atoms with E-state index in [1.54, 1.807) is 18.5 Å². The van der Waals surface area contributed by atoms with E-state index in [0.29, 0.717) is 5.92 Å². The third-order valence-corrected chi connectivity index (χ3v) is 6.59. The number of nitrogens with zero attached hydrogens (tertiary/aromatic N) is 1. The molecule has 1 aliphatic carbocycles. The maximum absolute atomic E-state index is 12.7. The van der Waals surface area contributed by atoms with Crippen LogP contribution in [0.2, 0.25) is 0 Å². The molecule has 1 fully saturated rings. The lowest BCUT2D eigenvalue weighted by atomic mass is 9.64. The zero-order chi connectivity index (χ0) is 21.6. The fraction of sp³-hybridized carbons (Fsp3) is 0.462. The van der Waals surface area contributed by atoms with Crippen molar-refractivity contribution in [3.63, 3.8) is 0 Å². The number of aromatic nitrogens is 1. The lowest BCUT2D eigenvalue weighted by Gasteiger charge is -2.44. The van der Waals surface area contributed by atoms with Gasteiger partial charge < -0.3 is 9.84 Å². The van der Waals surface area contributed by atoms with Gasteiger partial charge in [-0.25, -0.2) is 4.79 Å². The topological polar surface area (TPSA) is 59.4 Å². The minimum Gasteiger partial charge on any atom is -0.460 e. The second-order valence-electron chi connectivity index (χ2n) is 8.85. The molecule has 160 valence electrons.